The van der Waals surface area contributed by atoms with E-state index in [2.05, 4.69) is 17.2 Å². The molecule has 0 heterocycles. The van der Waals surface area contributed by atoms with Gasteiger partial charge in [0.25, 0.3) is 5.91 Å². The van der Waals surface area contributed by atoms with Gasteiger partial charge in [-0.3, -0.25) is 4.79 Å². The van der Waals surface area contributed by atoms with E-state index in [4.69, 9.17) is 5.73 Å². The van der Waals surface area contributed by atoms with Gasteiger partial charge in [0.2, 0.25) is 0 Å². The normalized spacial score (nSPS) is 9.67. The molecule has 3 nitrogen and oxygen atoms in total. The van der Waals surface area contributed by atoms with Gasteiger partial charge < -0.3 is 11.1 Å². The summed E-state index contributed by atoms with van der Waals surface area (Å²) in [6, 6.07) is 11.7. The molecule has 0 atom stereocenters. The van der Waals surface area contributed by atoms with Crippen LogP contribution in [0, 0.1) is 24.6 Å². The van der Waals surface area contributed by atoms with E-state index >= 15 is 0 Å². The van der Waals surface area contributed by atoms with Crippen molar-refractivity contribution >= 4 is 11.6 Å². The number of nitrogens with two attached hydrogens (primary N) is 1. The van der Waals surface area contributed by atoms with Gasteiger partial charge in [0, 0.05) is 11.3 Å². The summed E-state index contributed by atoms with van der Waals surface area (Å²) in [6.07, 6.45) is 0. The third kappa shape index (κ3) is 3.68. The number of hydrogen-bond acceptors (Lipinski definition) is 2. The lowest BCUT2D eigenvalue weighted by Crippen LogP contribution is -2.14. The maximum atomic E-state index is 13.9. The average Bonchev–Trinajstić information content (AvgIpc) is 2.49. The molecule has 0 aliphatic heterocycles. The Kier molecular flexibility index (Phi) is 4.70. The molecule has 1 amide bonds. The second-order valence-electron chi connectivity index (χ2n) is 4.47. The van der Waals surface area contributed by atoms with Gasteiger partial charge in [0.05, 0.1) is 12.1 Å². The van der Waals surface area contributed by atoms with Gasteiger partial charge in [-0.25, -0.2) is 4.39 Å². The molecule has 21 heavy (non-hydrogen) atoms. The van der Waals surface area contributed by atoms with Crippen LogP contribution in [0.15, 0.2) is 42.5 Å². The fraction of sp³-hybridized carbons (Fsp3) is 0.118. The third-order valence-electron chi connectivity index (χ3n) is 2.91. The Bertz CT molecular complexity index is 712. The van der Waals surface area contributed by atoms with Crippen LogP contribution in [0.3, 0.4) is 0 Å². The molecule has 0 aliphatic rings. The molecule has 0 saturated carbocycles. The first-order chi connectivity index (χ1) is 10.1. The van der Waals surface area contributed by atoms with E-state index in [0.29, 0.717) is 17.8 Å². The van der Waals surface area contributed by atoms with E-state index in [9.17, 15) is 9.18 Å². The van der Waals surface area contributed by atoms with Crippen LogP contribution in [0.25, 0.3) is 0 Å². The SMILES string of the molecule is Cc1cccc(C(=O)Nc2ccc(C#CCN)cc2)c1F. The molecule has 0 fully saturated rings. The van der Waals surface area contributed by atoms with Crippen molar-refractivity contribution in [2.75, 3.05) is 11.9 Å². The molecular weight excluding hydrogens is 267 g/mol. The minimum Gasteiger partial charge on any atom is -0.322 e. The predicted octanol–water partition coefficient (Wildman–Crippen LogP) is 2.70. The summed E-state index contributed by atoms with van der Waals surface area (Å²) in [5.74, 6) is 4.66. The summed E-state index contributed by atoms with van der Waals surface area (Å²) < 4.78 is 13.9. The van der Waals surface area contributed by atoms with E-state index in [1.54, 1.807) is 43.3 Å². The van der Waals surface area contributed by atoms with Crippen LogP contribution >= 0.6 is 0 Å². The molecule has 106 valence electrons. The largest absolute Gasteiger partial charge is 0.322 e. The Morgan fingerprint density at radius 2 is 1.95 bits per heavy atom. The highest BCUT2D eigenvalue weighted by Gasteiger charge is 2.13. The zero-order valence-corrected chi connectivity index (χ0v) is 11.6. The third-order valence-corrected chi connectivity index (χ3v) is 2.91. The molecule has 0 aromatic heterocycles. The van der Waals surface area contributed by atoms with Crippen molar-refractivity contribution in [3.05, 3.63) is 65.0 Å². The van der Waals surface area contributed by atoms with E-state index in [1.807, 2.05) is 0 Å². The highest BCUT2D eigenvalue weighted by atomic mass is 19.1. The second-order valence-corrected chi connectivity index (χ2v) is 4.47. The first kappa shape index (κ1) is 14.8. The van der Waals surface area contributed by atoms with Crippen LogP contribution in [0.2, 0.25) is 0 Å². The molecule has 0 saturated heterocycles. The number of hydrogen-bond donors (Lipinski definition) is 2. The van der Waals surface area contributed by atoms with E-state index in [-0.39, 0.29) is 5.56 Å². The van der Waals surface area contributed by atoms with Crippen molar-refractivity contribution in [1.29, 1.82) is 0 Å². The number of aryl methyl sites for hydroxylation is 1. The topological polar surface area (TPSA) is 55.1 Å². The molecule has 2 aromatic rings. The fourth-order valence-corrected chi connectivity index (χ4v) is 1.81. The van der Waals surface area contributed by atoms with Crippen LogP contribution in [0.1, 0.15) is 21.5 Å². The first-order valence-electron chi connectivity index (χ1n) is 6.47. The highest BCUT2D eigenvalue weighted by Crippen LogP contribution is 2.15. The Balaban J connectivity index is 2.14. The minimum atomic E-state index is -0.500. The summed E-state index contributed by atoms with van der Waals surface area (Å²) in [4.78, 5) is 12.0. The Morgan fingerprint density at radius 3 is 2.62 bits per heavy atom. The summed E-state index contributed by atoms with van der Waals surface area (Å²) in [5, 5.41) is 2.66. The van der Waals surface area contributed by atoms with Crippen LogP contribution in [0.5, 0.6) is 0 Å². The molecule has 3 N–H and O–H groups in total. The van der Waals surface area contributed by atoms with E-state index < -0.39 is 11.7 Å². The quantitative estimate of drug-likeness (QED) is 0.832. The number of nitrogens with one attached hydrogen (secondary N) is 1. The highest BCUT2D eigenvalue weighted by molar-refractivity contribution is 6.04. The smallest absolute Gasteiger partial charge is 0.258 e. The molecule has 2 aromatic carbocycles. The molecule has 0 unspecified atom stereocenters. The molecule has 0 spiro atoms. The van der Waals surface area contributed by atoms with Crippen molar-refractivity contribution in [2.24, 2.45) is 5.73 Å². The number of benzene rings is 2. The zero-order chi connectivity index (χ0) is 15.2. The number of amides is 1. The number of rotatable bonds is 2. The molecule has 0 bridgehead atoms. The van der Waals surface area contributed by atoms with Crippen molar-refractivity contribution < 1.29 is 9.18 Å². The van der Waals surface area contributed by atoms with Crippen molar-refractivity contribution in [3.63, 3.8) is 0 Å². The van der Waals surface area contributed by atoms with Gasteiger partial charge in [-0.15, -0.1) is 0 Å². The predicted molar refractivity (Wildman–Crippen MR) is 81.5 cm³/mol. The Labute approximate surface area is 123 Å². The summed E-state index contributed by atoms with van der Waals surface area (Å²) >= 11 is 0. The lowest BCUT2D eigenvalue weighted by atomic mass is 10.1. The van der Waals surface area contributed by atoms with E-state index in [1.165, 1.54) is 6.07 Å². The summed E-state index contributed by atoms with van der Waals surface area (Å²) in [7, 11) is 0. The second kappa shape index (κ2) is 6.69. The Morgan fingerprint density at radius 1 is 1.24 bits per heavy atom. The summed E-state index contributed by atoms with van der Waals surface area (Å²) in [6.45, 7) is 1.92. The van der Waals surface area contributed by atoms with Gasteiger partial charge in [0.15, 0.2) is 0 Å². The molecule has 0 radical (unpaired) electrons. The van der Waals surface area contributed by atoms with Gasteiger partial charge in [-0.2, -0.15) is 0 Å². The average molecular weight is 282 g/mol. The van der Waals surface area contributed by atoms with Crippen LogP contribution in [0.4, 0.5) is 10.1 Å². The molecule has 2 rings (SSSR count). The molecule has 0 aliphatic carbocycles. The zero-order valence-electron chi connectivity index (χ0n) is 11.6. The fourth-order valence-electron chi connectivity index (χ4n) is 1.81. The Hall–Kier alpha value is -2.64. The van der Waals surface area contributed by atoms with Crippen LogP contribution < -0.4 is 11.1 Å². The van der Waals surface area contributed by atoms with Crippen LogP contribution in [-0.4, -0.2) is 12.5 Å². The van der Waals surface area contributed by atoms with Crippen LogP contribution in [-0.2, 0) is 0 Å². The minimum absolute atomic E-state index is 0.0296. The van der Waals surface area contributed by atoms with Crippen molar-refractivity contribution in [1.82, 2.24) is 0 Å². The number of halogens is 1. The lowest BCUT2D eigenvalue weighted by molar-refractivity contribution is 0.102. The van der Waals surface area contributed by atoms with Crippen molar-refractivity contribution in [3.8, 4) is 11.8 Å². The number of carbonyl (C=O) groups excluding carboxylic acids is 1. The summed E-state index contributed by atoms with van der Waals surface area (Å²) in [5.41, 5.74) is 7.15. The number of anilines is 1. The van der Waals surface area contributed by atoms with Gasteiger partial charge >= 0.3 is 0 Å². The maximum Gasteiger partial charge on any atom is 0.258 e. The monoisotopic (exact) mass is 282 g/mol. The molecular formula is C17H15FN2O. The lowest BCUT2D eigenvalue weighted by Gasteiger charge is -2.07. The van der Waals surface area contributed by atoms with Gasteiger partial charge in [-0.1, -0.05) is 24.0 Å². The van der Waals surface area contributed by atoms with Crippen molar-refractivity contribution in [2.45, 2.75) is 6.92 Å². The molecule has 4 heteroatoms. The standard InChI is InChI=1S/C17H15FN2O/c1-12-4-2-6-15(16(12)18)17(21)20-14-9-7-13(8-10-14)5-3-11-19/h2,4,6-10H,11,19H2,1H3,(H,20,21). The van der Waals surface area contributed by atoms with Gasteiger partial charge in [-0.05, 0) is 42.8 Å². The first-order valence-corrected chi connectivity index (χ1v) is 6.47. The maximum absolute atomic E-state index is 13.9. The van der Waals surface area contributed by atoms with Gasteiger partial charge in [0.1, 0.15) is 5.82 Å². The number of carbonyl (C=O) groups is 1. The van der Waals surface area contributed by atoms with E-state index in [0.717, 1.165) is 5.56 Å².